The predicted molar refractivity (Wildman–Crippen MR) is 161 cm³/mol. The minimum atomic E-state index is -0.859. The molecule has 0 spiro atoms. The number of fused-ring (bicyclic) bond motifs is 2. The van der Waals surface area contributed by atoms with Gasteiger partial charge in [0.2, 0.25) is 0 Å². The fraction of sp³-hybridized carbons (Fsp3) is 0.281. The molecule has 1 aromatic heterocycles. The molecule has 1 aliphatic rings. The molecule has 218 valence electrons. The topological polar surface area (TPSA) is 97.6 Å². The van der Waals surface area contributed by atoms with Crippen molar-refractivity contribution < 1.29 is 28.5 Å². The maximum absolute atomic E-state index is 14.2. The number of thiazole rings is 1. The van der Waals surface area contributed by atoms with Crippen molar-refractivity contribution in [2.75, 3.05) is 41.2 Å². The SMILES string of the molecule is CCOc1c(OC)cccc1[C@H]1C(C(=O)OCCOC)=C(C)N=c2s/c(=C/c3ccc(OC)c4ccccc34)c(=O)n21. The maximum Gasteiger partial charge on any atom is 0.338 e. The zero-order valence-corrected chi connectivity index (χ0v) is 24.9. The van der Waals surface area contributed by atoms with Gasteiger partial charge in [-0.2, -0.15) is 0 Å². The molecule has 5 rings (SSSR count). The Morgan fingerprint density at radius 1 is 0.976 bits per heavy atom. The van der Waals surface area contributed by atoms with Crippen LogP contribution in [0.2, 0.25) is 0 Å². The van der Waals surface area contributed by atoms with Crippen LogP contribution in [0.15, 0.2) is 75.7 Å². The number of hydrogen-bond acceptors (Lipinski definition) is 9. The minimum absolute atomic E-state index is 0.0597. The fourth-order valence-electron chi connectivity index (χ4n) is 5.12. The summed E-state index contributed by atoms with van der Waals surface area (Å²) >= 11 is 1.26. The Morgan fingerprint density at radius 2 is 1.74 bits per heavy atom. The maximum atomic E-state index is 14.2. The molecule has 0 aliphatic carbocycles. The van der Waals surface area contributed by atoms with E-state index in [0.29, 0.717) is 38.7 Å². The van der Waals surface area contributed by atoms with Crippen molar-refractivity contribution in [3.8, 4) is 17.2 Å². The lowest BCUT2D eigenvalue weighted by Gasteiger charge is -2.27. The number of nitrogens with zero attached hydrogens (tertiary/aromatic N) is 2. The van der Waals surface area contributed by atoms with E-state index >= 15 is 0 Å². The highest BCUT2D eigenvalue weighted by Gasteiger charge is 2.36. The second kappa shape index (κ2) is 12.6. The van der Waals surface area contributed by atoms with E-state index in [1.807, 2.05) is 55.5 Å². The van der Waals surface area contributed by atoms with E-state index in [9.17, 15) is 9.59 Å². The van der Waals surface area contributed by atoms with E-state index in [0.717, 1.165) is 22.1 Å². The molecule has 42 heavy (non-hydrogen) atoms. The smallest absolute Gasteiger partial charge is 0.338 e. The van der Waals surface area contributed by atoms with Crippen molar-refractivity contribution in [1.29, 1.82) is 0 Å². The van der Waals surface area contributed by atoms with Gasteiger partial charge in [-0.05, 0) is 43.0 Å². The highest BCUT2D eigenvalue weighted by Crippen LogP contribution is 2.40. The van der Waals surface area contributed by atoms with Crippen molar-refractivity contribution in [2.45, 2.75) is 19.9 Å². The number of hydrogen-bond donors (Lipinski definition) is 0. The second-order valence-electron chi connectivity index (χ2n) is 9.42. The Kier molecular flexibility index (Phi) is 8.75. The van der Waals surface area contributed by atoms with Crippen LogP contribution in [-0.4, -0.2) is 51.7 Å². The van der Waals surface area contributed by atoms with E-state index in [1.54, 1.807) is 37.8 Å². The van der Waals surface area contributed by atoms with E-state index in [4.69, 9.17) is 28.7 Å². The third-order valence-corrected chi connectivity index (χ3v) is 7.98. The van der Waals surface area contributed by atoms with Crippen LogP contribution >= 0.6 is 11.3 Å². The molecule has 0 unspecified atom stereocenters. The van der Waals surface area contributed by atoms with Crippen LogP contribution in [0, 0.1) is 0 Å². The summed E-state index contributed by atoms with van der Waals surface area (Å²) in [7, 11) is 4.71. The normalized spacial score (nSPS) is 14.9. The van der Waals surface area contributed by atoms with Gasteiger partial charge in [-0.3, -0.25) is 9.36 Å². The van der Waals surface area contributed by atoms with E-state index in [1.165, 1.54) is 18.4 Å². The van der Waals surface area contributed by atoms with Gasteiger partial charge in [-0.15, -0.1) is 0 Å². The number of para-hydroxylation sites is 1. The molecule has 9 nitrogen and oxygen atoms in total. The molecule has 0 saturated carbocycles. The number of aromatic nitrogens is 1. The molecule has 3 aromatic carbocycles. The van der Waals surface area contributed by atoms with Crippen molar-refractivity contribution >= 4 is 34.2 Å². The van der Waals surface area contributed by atoms with Gasteiger partial charge in [0.25, 0.3) is 5.56 Å². The number of carbonyl (C=O) groups excluding carboxylic acids is 1. The summed E-state index contributed by atoms with van der Waals surface area (Å²) in [4.78, 5) is 32.9. The monoisotopic (exact) mass is 588 g/mol. The standard InChI is InChI=1S/C32H32N2O7S/c1-6-40-29-23(12-9-13-25(29)39-5)28-27(31(36)41-17-16-37-3)19(2)33-32-34(28)30(35)26(42-32)18-20-14-15-24(38-4)22-11-8-7-10-21(20)22/h7-15,18,28H,6,16-17H2,1-5H3/b26-18+/t28-/m0/s1. The number of esters is 1. The molecular weight excluding hydrogens is 556 g/mol. The van der Waals surface area contributed by atoms with Crippen molar-refractivity contribution in [3.63, 3.8) is 0 Å². The Morgan fingerprint density at radius 3 is 2.45 bits per heavy atom. The molecule has 1 aliphatic heterocycles. The first kappa shape index (κ1) is 29.1. The summed E-state index contributed by atoms with van der Waals surface area (Å²) in [5.74, 6) is 1.10. The average molecular weight is 589 g/mol. The van der Waals surface area contributed by atoms with Gasteiger partial charge in [0.1, 0.15) is 18.4 Å². The van der Waals surface area contributed by atoms with Crippen LogP contribution in [0.25, 0.3) is 16.8 Å². The number of methoxy groups -OCH3 is 3. The van der Waals surface area contributed by atoms with Crippen molar-refractivity contribution in [3.05, 3.63) is 96.7 Å². The minimum Gasteiger partial charge on any atom is -0.496 e. The Labute approximate surface area is 246 Å². The largest absolute Gasteiger partial charge is 0.496 e. The first-order valence-corrected chi connectivity index (χ1v) is 14.3. The number of ether oxygens (including phenoxy) is 5. The first-order chi connectivity index (χ1) is 20.4. The molecule has 0 amide bonds. The predicted octanol–water partition coefficient (Wildman–Crippen LogP) is 3.99. The summed E-state index contributed by atoms with van der Waals surface area (Å²) in [6.45, 7) is 4.26. The van der Waals surface area contributed by atoms with Gasteiger partial charge in [-0.1, -0.05) is 53.8 Å². The summed E-state index contributed by atoms with van der Waals surface area (Å²) in [5, 5.41) is 1.89. The van der Waals surface area contributed by atoms with Crippen LogP contribution < -0.4 is 29.1 Å². The highest BCUT2D eigenvalue weighted by atomic mass is 32.1. The Bertz CT molecular complexity index is 1850. The van der Waals surface area contributed by atoms with E-state index < -0.39 is 12.0 Å². The molecular formula is C32H32N2O7S. The van der Waals surface area contributed by atoms with Crippen molar-refractivity contribution in [2.24, 2.45) is 4.99 Å². The summed E-state index contributed by atoms with van der Waals surface area (Å²) < 4.78 is 29.8. The third kappa shape index (κ3) is 5.31. The van der Waals surface area contributed by atoms with Crippen LogP contribution in [0.4, 0.5) is 0 Å². The van der Waals surface area contributed by atoms with Gasteiger partial charge in [0.15, 0.2) is 16.3 Å². The lowest BCUT2D eigenvalue weighted by molar-refractivity contribution is -0.140. The lowest BCUT2D eigenvalue weighted by atomic mass is 9.94. The number of allylic oxidation sites excluding steroid dienone is 1. The highest BCUT2D eigenvalue weighted by molar-refractivity contribution is 7.07. The van der Waals surface area contributed by atoms with Gasteiger partial charge in [-0.25, -0.2) is 9.79 Å². The van der Waals surface area contributed by atoms with Crippen LogP contribution in [0.1, 0.15) is 31.0 Å². The second-order valence-corrected chi connectivity index (χ2v) is 10.4. The molecule has 10 heteroatoms. The van der Waals surface area contributed by atoms with E-state index in [-0.39, 0.29) is 24.3 Å². The number of benzene rings is 3. The Hall–Kier alpha value is -4.41. The molecule has 0 fully saturated rings. The van der Waals surface area contributed by atoms with Crippen LogP contribution in [0.3, 0.4) is 0 Å². The molecule has 1 atom stereocenters. The molecule has 4 aromatic rings. The molecule has 0 bridgehead atoms. The Balaban J connectivity index is 1.75. The van der Waals surface area contributed by atoms with E-state index in [2.05, 4.69) is 0 Å². The number of carbonyl (C=O) groups is 1. The van der Waals surface area contributed by atoms with Gasteiger partial charge < -0.3 is 23.7 Å². The zero-order chi connectivity index (χ0) is 29.8. The number of rotatable bonds is 10. The first-order valence-electron chi connectivity index (χ1n) is 13.5. The third-order valence-electron chi connectivity index (χ3n) is 7.00. The molecule has 0 N–H and O–H groups in total. The lowest BCUT2D eigenvalue weighted by Crippen LogP contribution is -2.40. The van der Waals surface area contributed by atoms with Gasteiger partial charge in [0.05, 0.1) is 43.2 Å². The summed E-state index contributed by atoms with van der Waals surface area (Å²) in [6.07, 6.45) is 1.85. The summed E-state index contributed by atoms with van der Waals surface area (Å²) in [6, 6.07) is 16.2. The average Bonchev–Trinajstić information content (AvgIpc) is 3.30. The van der Waals surface area contributed by atoms with Crippen LogP contribution in [0.5, 0.6) is 17.2 Å². The summed E-state index contributed by atoms with van der Waals surface area (Å²) in [5.41, 5.74) is 1.86. The molecule has 0 radical (unpaired) electrons. The zero-order valence-electron chi connectivity index (χ0n) is 24.1. The fourth-order valence-corrected chi connectivity index (χ4v) is 6.16. The van der Waals surface area contributed by atoms with Crippen molar-refractivity contribution in [1.82, 2.24) is 4.57 Å². The van der Waals surface area contributed by atoms with Crippen LogP contribution in [-0.2, 0) is 14.3 Å². The molecule has 0 saturated heterocycles. The molecule has 2 heterocycles. The van der Waals surface area contributed by atoms with Gasteiger partial charge >= 0.3 is 5.97 Å². The quantitative estimate of drug-likeness (QED) is 0.204. The van der Waals surface area contributed by atoms with Gasteiger partial charge in [0, 0.05) is 18.1 Å².